The van der Waals surface area contributed by atoms with Gasteiger partial charge >= 0.3 is 0 Å². The summed E-state index contributed by atoms with van der Waals surface area (Å²) in [4.78, 5) is 0. The summed E-state index contributed by atoms with van der Waals surface area (Å²) in [5.41, 5.74) is 1.77. The van der Waals surface area contributed by atoms with E-state index in [1.165, 1.54) is 0 Å². The molecule has 0 saturated heterocycles. The molecule has 0 saturated carbocycles. The van der Waals surface area contributed by atoms with Crippen LogP contribution < -0.4 is 4.74 Å². The van der Waals surface area contributed by atoms with Crippen molar-refractivity contribution < 1.29 is 9.94 Å². The normalized spacial score (nSPS) is 11.4. The van der Waals surface area contributed by atoms with E-state index in [-0.39, 0.29) is 0 Å². The molecule has 0 unspecified atom stereocenters. The van der Waals surface area contributed by atoms with Gasteiger partial charge in [-0.1, -0.05) is 17.3 Å². The van der Waals surface area contributed by atoms with Crippen LogP contribution in [0.15, 0.2) is 29.4 Å². The van der Waals surface area contributed by atoms with Gasteiger partial charge in [0, 0.05) is 6.42 Å². The summed E-state index contributed by atoms with van der Waals surface area (Å²) in [6.45, 7) is 1.78. The molecule has 0 bridgehead atoms. The lowest BCUT2D eigenvalue weighted by molar-refractivity contribution is 0.317. The average molecular weight is 179 g/mol. The maximum absolute atomic E-state index is 8.48. The van der Waals surface area contributed by atoms with Crippen molar-refractivity contribution in [3.05, 3.63) is 29.8 Å². The molecule has 1 rings (SSSR count). The molecule has 1 aromatic rings. The van der Waals surface area contributed by atoms with E-state index in [1.54, 1.807) is 14.0 Å². The number of benzene rings is 1. The molecule has 1 N–H and O–H groups in total. The molecular weight excluding hydrogens is 166 g/mol. The molecule has 3 heteroatoms. The Morgan fingerprint density at radius 1 is 1.54 bits per heavy atom. The van der Waals surface area contributed by atoms with Gasteiger partial charge in [-0.05, 0) is 24.6 Å². The van der Waals surface area contributed by atoms with E-state index in [2.05, 4.69) is 5.16 Å². The third-order valence-electron chi connectivity index (χ3n) is 1.76. The number of oxime groups is 1. The summed E-state index contributed by atoms with van der Waals surface area (Å²) in [6.07, 6.45) is 0.647. The predicted molar refractivity (Wildman–Crippen MR) is 51.6 cm³/mol. The molecule has 70 valence electrons. The summed E-state index contributed by atoms with van der Waals surface area (Å²) < 4.78 is 5.07. The first-order valence-electron chi connectivity index (χ1n) is 4.06. The zero-order valence-electron chi connectivity index (χ0n) is 7.82. The lowest BCUT2D eigenvalue weighted by atomic mass is 10.1. The second-order valence-corrected chi connectivity index (χ2v) is 2.86. The highest BCUT2D eigenvalue weighted by atomic mass is 16.5. The van der Waals surface area contributed by atoms with Crippen LogP contribution in [0, 0.1) is 0 Å². The van der Waals surface area contributed by atoms with Gasteiger partial charge < -0.3 is 9.94 Å². The summed E-state index contributed by atoms with van der Waals surface area (Å²) in [7, 11) is 1.63. The van der Waals surface area contributed by atoms with E-state index < -0.39 is 0 Å². The molecule has 0 heterocycles. The molecule has 0 fully saturated rings. The number of hydrogen-bond donors (Lipinski definition) is 1. The fraction of sp³-hybridized carbons (Fsp3) is 0.300. The van der Waals surface area contributed by atoms with Crippen molar-refractivity contribution in [3.8, 4) is 5.75 Å². The van der Waals surface area contributed by atoms with Crippen LogP contribution in [0.2, 0.25) is 0 Å². The average Bonchev–Trinajstić information content (AvgIpc) is 2.18. The molecule has 0 aliphatic rings. The highest BCUT2D eigenvalue weighted by molar-refractivity contribution is 5.83. The first kappa shape index (κ1) is 9.58. The quantitative estimate of drug-likeness (QED) is 0.438. The molecule has 0 atom stereocenters. The molecule has 3 nitrogen and oxygen atoms in total. The highest BCUT2D eigenvalue weighted by Gasteiger charge is 1.97. The zero-order chi connectivity index (χ0) is 9.68. The van der Waals surface area contributed by atoms with Gasteiger partial charge in [-0.15, -0.1) is 0 Å². The van der Waals surface area contributed by atoms with Gasteiger partial charge in [0.15, 0.2) is 0 Å². The lowest BCUT2D eigenvalue weighted by Gasteiger charge is -2.02. The second kappa shape index (κ2) is 4.50. The fourth-order valence-corrected chi connectivity index (χ4v) is 1.11. The number of hydrogen-bond acceptors (Lipinski definition) is 3. The van der Waals surface area contributed by atoms with E-state index in [1.807, 2.05) is 24.3 Å². The van der Waals surface area contributed by atoms with Crippen molar-refractivity contribution in [2.45, 2.75) is 13.3 Å². The SMILES string of the molecule is COc1cccc(CC(C)=NO)c1. The minimum atomic E-state index is 0.647. The lowest BCUT2D eigenvalue weighted by Crippen LogP contribution is -1.97. The van der Waals surface area contributed by atoms with Crippen LogP contribution in [0.25, 0.3) is 0 Å². The number of ether oxygens (including phenoxy) is 1. The molecule has 0 aromatic heterocycles. The van der Waals surface area contributed by atoms with E-state index in [4.69, 9.17) is 9.94 Å². The van der Waals surface area contributed by atoms with Crippen molar-refractivity contribution >= 4 is 5.71 Å². The number of rotatable bonds is 3. The molecule has 1 aromatic carbocycles. The summed E-state index contributed by atoms with van der Waals surface area (Å²) >= 11 is 0. The van der Waals surface area contributed by atoms with Gasteiger partial charge in [0.1, 0.15) is 5.75 Å². The van der Waals surface area contributed by atoms with Crippen LogP contribution in [0.5, 0.6) is 5.75 Å². The van der Waals surface area contributed by atoms with Gasteiger partial charge in [-0.2, -0.15) is 0 Å². The third kappa shape index (κ3) is 2.78. The Kier molecular flexibility index (Phi) is 3.31. The van der Waals surface area contributed by atoms with Crippen LogP contribution in [0.3, 0.4) is 0 Å². The molecule has 0 radical (unpaired) electrons. The monoisotopic (exact) mass is 179 g/mol. The first-order chi connectivity index (χ1) is 6.26. The highest BCUT2D eigenvalue weighted by Crippen LogP contribution is 2.13. The minimum Gasteiger partial charge on any atom is -0.497 e. The standard InChI is InChI=1S/C10H13NO2/c1-8(11-12)6-9-4-3-5-10(7-9)13-2/h3-5,7,12H,6H2,1-2H3. The third-order valence-corrected chi connectivity index (χ3v) is 1.76. The Morgan fingerprint density at radius 3 is 2.92 bits per heavy atom. The largest absolute Gasteiger partial charge is 0.497 e. The van der Waals surface area contributed by atoms with E-state index in [0.29, 0.717) is 12.1 Å². The second-order valence-electron chi connectivity index (χ2n) is 2.86. The van der Waals surface area contributed by atoms with E-state index >= 15 is 0 Å². The van der Waals surface area contributed by atoms with Gasteiger partial charge in [-0.3, -0.25) is 0 Å². The fourth-order valence-electron chi connectivity index (χ4n) is 1.11. The minimum absolute atomic E-state index is 0.647. The van der Waals surface area contributed by atoms with Gasteiger partial charge in [0.05, 0.1) is 12.8 Å². The molecule has 13 heavy (non-hydrogen) atoms. The molecule has 0 aliphatic carbocycles. The van der Waals surface area contributed by atoms with Crippen molar-refractivity contribution in [2.75, 3.05) is 7.11 Å². The molecule has 0 spiro atoms. The summed E-state index contributed by atoms with van der Waals surface area (Å²) in [5, 5.41) is 11.6. The van der Waals surface area contributed by atoms with Crippen molar-refractivity contribution in [3.63, 3.8) is 0 Å². The van der Waals surface area contributed by atoms with Crippen LogP contribution in [0.1, 0.15) is 12.5 Å². The Balaban J connectivity index is 2.77. The van der Waals surface area contributed by atoms with Crippen molar-refractivity contribution in [1.82, 2.24) is 0 Å². The van der Waals surface area contributed by atoms with Crippen LogP contribution in [0.4, 0.5) is 0 Å². The van der Waals surface area contributed by atoms with Crippen LogP contribution in [-0.4, -0.2) is 18.0 Å². The molecular formula is C10H13NO2. The Hall–Kier alpha value is -1.51. The van der Waals surface area contributed by atoms with Gasteiger partial charge in [-0.25, -0.2) is 0 Å². The zero-order valence-corrected chi connectivity index (χ0v) is 7.82. The van der Waals surface area contributed by atoms with Crippen molar-refractivity contribution in [1.29, 1.82) is 0 Å². The van der Waals surface area contributed by atoms with Gasteiger partial charge in [0.2, 0.25) is 0 Å². The van der Waals surface area contributed by atoms with E-state index in [0.717, 1.165) is 11.3 Å². The van der Waals surface area contributed by atoms with Crippen LogP contribution in [-0.2, 0) is 6.42 Å². The smallest absolute Gasteiger partial charge is 0.119 e. The first-order valence-corrected chi connectivity index (χ1v) is 4.06. The number of methoxy groups -OCH3 is 1. The molecule has 0 aliphatic heterocycles. The topological polar surface area (TPSA) is 41.8 Å². The Morgan fingerprint density at radius 2 is 2.31 bits per heavy atom. The van der Waals surface area contributed by atoms with Crippen molar-refractivity contribution in [2.24, 2.45) is 5.16 Å². The van der Waals surface area contributed by atoms with E-state index in [9.17, 15) is 0 Å². The summed E-state index contributed by atoms with van der Waals surface area (Å²) in [5.74, 6) is 0.822. The maximum Gasteiger partial charge on any atom is 0.119 e. The van der Waals surface area contributed by atoms with Gasteiger partial charge in [0.25, 0.3) is 0 Å². The summed E-state index contributed by atoms with van der Waals surface area (Å²) in [6, 6.07) is 7.69. The van der Waals surface area contributed by atoms with Crippen LogP contribution >= 0.6 is 0 Å². The molecule has 0 amide bonds. The maximum atomic E-state index is 8.48. The predicted octanol–water partition coefficient (Wildman–Crippen LogP) is 2.09. The Labute approximate surface area is 77.6 Å². The number of nitrogens with zero attached hydrogens (tertiary/aromatic N) is 1. The Bertz CT molecular complexity index is 308.